The van der Waals surface area contributed by atoms with Gasteiger partial charge in [-0.15, -0.1) is 0 Å². The van der Waals surface area contributed by atoms with E-state index in [-0.39, 0.29) is 0 Å². The summed E-state index contributed by atoms with van der Waals surface area (Å²) in [5.74, 6) is 8.77. The minimum absolute atomic E-state index is 0.701. The van der Waals surface area contributed by atoms with E-state index < -0.39 is 0 Å². The van der Waals surface area contributed by atoms with Gasteiger partial charge in [0.15, 0.2) is 0 Å². The largest absolute Gasteiger partial charge is 0.303 e. The van der Waals surface area contributed by atoms with Crippen LogP contribution in [0.3, 0.4) is 0 Å². The molecule has 4 bridgehead atoms. The van der Waals surface area contributed by atoms with Gasteiger partial charge in [0, 0.05) is 12.8 Å². The van der Waals surface area contributed by atoms with E-state index in [2.05, 4.69) is 0 Å². The predicted molar refractivity (Wildman–Crippen MR) is 79.3 cm³/mol. The highest BCUT2D eigenvalue weighted by molar-refractivity contribution is 5.51. The van der Waals surface area contributed by atoms with Gasteiger partial charge in [-0.25, -0.2) is 0 Å². The average molecular weight is 286 g/mol. The van der Waals surface area contributed by atoms with Crippen LogP contribution in [0.25, 0.3) is 0 Å². The molecule has 114 valence electrons. The summed E-state index contributed by atoms with van der Waals surface area (Å²) in [5, 5.41) is 0. The van der Waals surface area contributed by atoms with Gasteiger partial charge in [-0.1, -0.05) is 0 Å². The minimum Gasteiger partial charge on any atom is -0.303 e. The Hall–Kier alpha value is -0.660. The maximum atomic E-state index is 11.1. The van der Waals surface area contributed by atoms with E-state index >= 15 is 0 Å². The van der Waals surface area contributed by atoms with E-state index in [0.717, 1.165) is 66.1 Å². The van der Waals surface area contributed by atoms with Gasteiger partial charge < -0.3 is 9.59 Å². The molecule has 2 nitrogen and oxygen atoms in total. The Bertz CT molecular complexity index is 472. The molecule has 0 spiro atoms. The summed E-state index contributed by atoms with van der Waals surface area (Å²) in [7, 11) is 0. The lowest BCUT2D eigenvalue weighted by molar-refractivity contribution is -0.110. The van der Waals surface area contributed by atoms with Crippen LogP contribution in [0, 0.1) is 59.2 Å². The SMILES string of the molecule is O=CCC1CCC2C3CC(C12)C1C2CCC(C2CC=O)C31. The van der Waals surface area contributed by atoms with Crippen molar-refractivity contribution in [3.8, 4) is 0 Å². The van der Waals surface area contributed by atoms with Crippen molar-refractivity contribution in [2.45, 2.75) is 44.9 Å². The molecule has 0 aromatic rings. The lowest BCUT2D eigenvalue weighted by Crippen LogP contribution is -2.37. The quantitative estimate of drug-likeness (QED) is 0.587. The summed E-state index contributed by atoms with van der Waals surface area (Å²) < 4.78 is 0. The summed E-state index contributed by atoms with van der Waals surface area (Å²) in [5.41, 5.74) is 0. The molecule has 0 aromatic carbocycles. The standard InChI is InChI=1S/C19H26O2/c20-7-5-10-1-2-14-15-9-16(17(10)14)19-13-4-3-12(18(15)19)11(13)6-8-21/h7-8,10-19H,1-6,9H2. The van der Waals surface area contributed by atoms with Gasteiger partial charge >= 0.3 is 0 Å². The summed E-state index contributed by atoms with van der Waals surface area (Å²) in [4.78, 5) is 22.1. The highest BCUT2D eigenvalue weighted by Gasteiger charge is 2.69. The fourth-order valence-corrected chi connectivity index (χ4v) is 8.53. The number of hydrogen-bond acceptors (Lipinski definition) is 2. The van der Waals surface area contributed by atoms with Crippen molar-refractivity contribution in [1.29, 1.82) is 0 Å². The normalized spacial score (nSPS) is 59.2. The number of rotatable bonds is 4. The van der Waals surface area contributed by atoms with Gasteiger partial charge in [-0.3, -0.25) is 0 Å². The Morgan fingerprint density at radius 2 is 1.33 bits per heavy atom. The number of aldehydes is 2. The van der Waals surface area contributed by atoms with Crippen LogP contribution in [0.15, 0.2) is 0 Å². The maximum Gasteiger partial charge on any atom is 0.120 e. The van der Waals surface area contributed by atoms with Crippen molar-refractivity contribution < 1.29 is 9.59 Å². The summed E-state index contributed by atoms with van der Waals surface area (Å²) in [6.07, 6.45) is 11.0. The van der Waals surface area contributed by atoms with E-state index in [4.69, 9.17) is 0 Å². The van der Waals surface area contributed by atoms with Crippen LogP contribution in [-0.2, 0) is 9.59 Å². The highest BCUT2D eigenvalue weighted by Crippen LogP contribution is 2.75. The first-order chi connectivity index (χ1) is 10.3. The van der Waals surface area contributed by atoms with Crippen LogP contribution in [0.1, 0.15) is 44.9 Å². The van der Waals surface area contributed by atoms with Crippen molar-refractivity contribution in [1.82, 2.24) is 0 Å². The first-order valence-corrected chi connectivity index (χ1v) is 9.22. The third-order valence-electron chi connectivity index (χ3n) is 8.62. The molecule has 10 atom stereocenters. The molecule has 2 heteroatoms. The third-order valence-corrected chi connectivity index (χ3v) is 8.62. The molecule has 0 heterocycles. The van der Waals surface area contributed by atoms with Gasteiger partial charge in [0.05, 0.1) is 0 Å². The smallest absolute Gasteiger partial charge is 0.120 e. The third kappa shape index (κ3) is 1.45. The molecule has 5 fully saturated rings. The highest BCUT2D eigenvalue weighted by atomic mass is 16.1. The van der Waals surface area contributed by atoms with Gasteiger partial charge in [0.25, 0.3) is 0 Å². The molecule has 0 saturated heterocycles. The van der Waals surface area contributed by atoms with E-state index in [9.17, 15) is 9.59 Å². The van der Waals surface area contributed by atoms with Crippen LogP contribution in [-0.4, -0.2) is 12.6 Å². The van der Waals surface area contributed by atoms with Gasteiger partial charge in [0.2, 0.25) is 0 Å². The van der Waals surface area contributed by atoms with Gasteiger partial charge in [0.1, 0.15) is 12.6 Å². The molecule has 5 rings (SSSR count). The molecule has 0 amide bonds. The second-order valence-electron chi connectivity index (χ2n) is 8.67. The lowest BCUT2D eigenvalue weighted by atomic mass is 9.63. The molecule has 5 saturated carbocycles. The molecule has 10 unspecified atom stereocenters. The first kappa shape index (κ1) is 12.8. The predicted octanol–water partition coefficient (Wildman–Crippen LogP) is 3.34. The summed E-state index contributed by atoms with van der Waals surface area (Å²) >= 11 is 0. The number of hydrogen-bond donors (Lipinski definition) is 0. The monoisotopic (exact) mass is 286 g/mol. The van der Waals surface area contributed by atoms with Crippen LogP contribution in [0.4, 0.5) is 0 Å². The Morgan fingerprint density at radius 3 is 2.05 bits per heavy atom. The summed E-state index contributed by atoms with van der Waals surface area (Å²) in [6.45, 7) is 0. The van der Waals surface area contributed by atoms with E-state index in [1.54, 1.807) is 0 Å². The average Bonchev–Trinajstić information content (AvgIpc) is 3.22. The Kier molecular flexibility index (Phi) is 2.71. The van der Waals surface area contributed by atoms with Crippen molar-refractivity contribution in [2.75, 3.05) is 0 Å². The zero-order valence-electron chi connectivity index (χ0n) is 12.7. The second-order valence-corrected chi connectivity index (χ2v) is 8.67. The van der Waals surface area contributed by atoms with Crippen LogP contribution in [0.2, 0.25) is 0 Å². The first-order valence-electron chi connectivity index (χ1n) is 9.22. The Labute approximate surface area is 127 Å². The topological polar surface area (TPSA) is 34.1 Å². The zero-order chi connectivity index (χ0) is 14.1. The van der Waals surface area contributed by atoms with Crippen molar-refractivity contribution in [3.63, 3.8) is 0 Å². The van der Waals surface area contributed by atoms with E-state index in [1.165, 1.54) is 44.7 Å². The van der Waals surface area contributed by atoms with E-state index in [0.29, 0.717) is 5.92 Å². The maximum absolute atomic E-state index is 11.1. The zero-order valence-corrected chi connectivity index (χ0v) is 12.7. The van der Waals surface area contributed by atoms with Gasteiger partial charge in [-0.05, 0) is 91.3 Å². The molecule has 0 aromatic heterocycles. The summed E-state index contributed by atoms with van der Waals surface area (Å²) in [6, 6.07) is 0. The van der Waals surface area contributed by atoms with Crippen LogP contribution in [0.5, 0.6) is 0 Å². The van der Waals surface area contributed by atoms with Crippen LogP contribution < -0.4 is 0 Å². The second kappa shape index (κ2) is 4.43. The molecule has 0 aliphatic heterocycles. The number of fused-ring (bicyclic) bond motifs is 12. The number of carbonyl (C=O) groups is 2. The van der Waals surface area contributed by atoms with Crippen molar-refractivity contribution in [2.24, 2.45) is 59.2 Å². The molecule has 0 radical (unpaired) electrons. The number of carbonyl (C=O) groups excluding carboxylic acids is 2. The molecule has 0 N–H and O–H groups in total. The molecule has 21 heavy (non-hydrogen) atoms. The molecule has 5 aliphatic carbocycles. The molecular formula is C19H26O2. The van der Waals surface area contributed by atoms with E-state index in [1.807, 2.05) is 0 Å². The van der Waals surface area contributed by atoms with Crippen molar-refractivity contribution in [3.05, 3.63) is 0 Å². The fourth-order valence-electron chi connectivity index (χ4n) is 8.53. The fraction of sp³-hybridized carbons (Fsp3) is 0.895. The Morgan fingerprint density at radius 1 is 0.667 bits per heavy atom. The minimum atomic E-state index is 0.701. The van der Waals surface area contributed by atoms with Crippen LogP contribution >= 0.6 is 0 Å². The molecular weight excluding hydrogens is 260 g/mol. The Balaban J connectivity index is 1.46. The lowest BCUT2D eigenvalue weighted by Gasteiger charge is -2.42. The van der Waals surface area contributed by atoms with Crippen molar-refractivity contribution >= 4 is 12.6 Å². The molecule has 5 aliphatic rings. The van der Waals surface area contributed by atoms with Gasteiger partial charge in [-0.2, -0.15) is 0 Å².